The van der Waals surface area contributed by atoms with Crippen molar-refractivity contribution in [3.63, 3.8) is 0 Å². The fraction of sp³-hybridized carbons (Fsp3) is 0.273. The average Bonchev–Trinajstić information content (AvgIpc) is 2.84. The van der Waals surface area contributed by atoms with Crippen molar-refractivity contribution >= 4 is 17.6 Å². The van der Waals surface area contributed by atoms with Crippen LogP contribution in [0.4, 0.5) is 0 Å². The lowest BCUT2D eigenvalue weighted by Gasteiger charge is -1.95. The van der Waals surface area contributed by atoms with Crippen LogP contribution in [0.5, 0.6) is 0 Å². The van der Waals surface area contributed by atoms with Gasteiger partial charge in [0.15, 0.2) is 6.29 Å². The first-order valence-electron chi connectivity index (χ1n) is 4.90. The van der Waals surface area contributed by atoms with E-state index >= 15 is 0 Å². The minimum absolute atomic E-state index is 0.668. The molecule has 0 bridgehead atoms. The molecule has 0 atom stereocenters. The average molecular weight is 220 g/mol. The molecule has 2 aromatic rings. The van der Waals surface area contributed by atoms with E-state index in [4.69, 9.17) is 0 Å². The molecule has 0 aliphatic rings. The van der Waals surface area contributed by atoms with Crippen molar-refractivity contribution in [1.29, 1.82) is 0 Å². The van der Waals surface area contributed by atoms with E-state index in [2.05, 4.69) is 12.0 Å². The minimum Gasteiger partial charge on any atom is -0.298 e. The fourth-order valence-corrected chi connectivity index (χ4v) is 2.13. The molecule has 0 spiro atoms. The standard InChI is InChI=1S/C11H12N2OS/c1-2-4-13-6-10(7-14)11(12-13)9-3-5-15-8-9/h3,5-8H,2,4H2,1H3. The Kier molecular flexibility index (Phi) is 2.97. The maximum Gasteiger partial charge on any atom is 0.153 e. The van der Waals surface area contributed by atoms with E-state index in [9.17, 15) is 4.79 Å². The van der Waals surface area contributed by atoms with Crippen LogP contribution in [0.3, 0.4) is 0 Å². The number of aromatic nitrogens is 2. The van der Waals surface area contributed by atoms with Gasteiger partial charge in [0.25, 0.3) is 0 Å². The molecule has 0 N–H and O–H groups in total. The summed E-state index contributed by atoms with van der Waals surface area (Å²) < 4.78 is 1.83. The van der Waals surface area contributed by atoms with Crippen molar-refractivity contribution in [1.82, 2.24) is 9.78 Å². The zero-order valence-corrected chi connectivity index (χ0v) is 9.33. The number of carbonyl (C=O) groups is 1. The molecule has 78 valence electrons. The smallest absolute Gasteiger partial charge is 0.153 e. The van der Waals surface area contributed by atoms with Gasteiger partial charge in [0.2, 0.25) is 0 Å². The highest BCUT2D eigenvalue weighted by molar-refractivity contribution is 7.08. The maximum absolute atomic E-state index is 10.9. The molecule has 0 aliphatic carbocycles. The van der Waals surface area contributed by atoms with E-state index in [-0.39, 0.29) is 0 Å². The van der Waals surface area contributed by atoms with Crippen LogP contribution in [0, 0.1) is 0 Å². The molecule has 0 saturated heterocycles. The Bertz CT molecular complexity index is 445. The molecule has 2 heterocycles. The van der Waals surface area contributed by atoms with E-state index in [0.29, 0.717) is 5.56 Å². The quantitative estimate of drug-likeness (QED) is 0.743. The Labute approximate surface area is 92.4 Å². The predicted octanol–water partition coefficient (Wildman–Crippen LogP) is 2.83. The topological polar surface area (TPSA) is 34.9 Å². The molecule has 0 fully saturated rings. The van der Waals surface area contributed by atoms with Crippen LogP contribution in [0.15, 0.2) is 23.0 Å². The third-order valence-electron chi connectivity index (χ3n) is 2.16. The van der Waals surface area contributed by atoms with Gasteiger partial charge in [-0.05, 0) is 17.9 Å². The fourth-order valence-electron chi connectivity index (χ4n) is 1.49. The summed E-state index contributed by atoms with van der Waals surface area (Å²) in [6.45, 7) is 2.94. The van der Waals surface area contributed by atoms with Crippen LogP contribution in [-0.2, 0) is 6.54 Å². The number of thiophene rings is 1. The largest absolute Gasteiger partial charge is 0.298 e. The molecule has 2 aromatic heterocycles. The summed E-state index contributed by atoms with van der Waals surface area (Å²) in [5.74, 6) is 0. The minimum atomic E-state index is 0.668. The van der Waals surface area contributed by atoms with Gasteiger partial charge in [-0.2, -0.15) is 16.4 Å². The molecular formula is C11H12N2OS. The van der Waals surface area contributed by atoms with Gasteiger partial charge in [-0.15, -0.1) is 0 Å². The summed E-state index contributed by atoms with van der Waals surface area (Å²) in [6, 6.07) is 1.98. The molecular weight excluding hydrogens is 208 g/mol. The molecule has 0 saturated carbocycles. The number of hydrogen-bond acceptors (Lipinski definition) is 3. The lowest BCUT2D eigenvalue weighted by atomic mass is 10.2. The summed E-state index contributed by atoms with van der Waals surface area (Å²) in [4.78, 5) is 10.9. The summed E-state index contributed by atoms with van der Waals surface area (Å²) in [7, 11) is 0. The third-order valence-corrected chi connectivity index (χ3v) is 2.85. The normalized spacial score (nSPS) is 10.5. The van der Waals surface area contributed by atoms with Crippen molar-refractivity contribution in [2.24, 2.45) is 0 Å². The van der Waals surface area contributed by atoms with Gasteiger partial charge in [-0.3, -0.25) is 9.48 Å². The molecule has 0 radical (unpaired) electrons. The summed E-state index contributed by atoms with van der Waals surface area (Å²) >= 11 is 1.61. The van der Waals surface area contributed by atoms with Gasteiger partial charge >= 0.3 is 0 Å². The molecule has 0 aromatic carbocycles. The van der Waals surface area contributed by atoms with Crippen molar-refractivity contribution in [2.75, 3.05) is 0 Å². The van der Waals surface area contributed by atoms with Crippen LogP contribution in [0.1, 0.15) is 23.7 Å². The Morgan fingerprint density at radius 1 is 1.60 bits per heavy atom. The first kappa shape index (κ1) is 10.1. The number of nitrogens with zero attached hydrogens (tertiary/aromatic N) is 2. The zero-order chi connectivity index (χ0) is 10.7. The molecule has 0 unspecified atom stereocenters. The Morgan fingerprint density at radius 2 is 2.47 bits per heavy atom. The molecule has 4 heteroatoms. The van der Waals surface area contributed by atoms with Gasteiger partial charge < -0.3 is 0 Å². The van der Waals surface area contributed by atoms with Crippen LogP contribution in [-0.4, -0.2) is 16.1 Å². The second-order valence-corrected chi connectivity index (χ2v) is 4.11. The zero-order valence-electron chi connectivity index (χ0n) is 8.51. The third kappa shape index (κ3) is 1.99. The van der Waals surface area contributed by atoms with E-state index < -0.39 is 0 Å². The summed E-state index contributed by atoms with van der Waals surface area (Å²) in [5.41, 5.74) is 2.48. The number of aldehydes is 1. The number of aryl methyl sites for hydroxylation is 1. The van der Waals surface area contributed by atoms with Gasteiger partial charge in [0.05, 0.1) is 5.56 Å². The second-order valence-electron chi connectivity index (χ2n) is 3.33. The van der Waals surface area contributed by atoms with Crippen molar-refractivity contribution in [3.05, 3.63) is 28.6 Å². The summed E-state index contributed by atoms with van der Waals surface area (Å²) in [5, 5.41) is 8.40. The highest BCUT2D eigenvalue weighted by Gasteiger charge is 2.10. The van der Waals surface area contributed by atoms with Crippen molar-refractivity contribution in [2.45, 2.75) is 19.9 Å². The van der Waals surface area contributed by atoms with Gasteiger partial charge in [-0.1, -0.05) is 6.92 Å². The van der Waals surface area contributed by atoms with Crippen molar-refractivity contribution < 1.29 is 4.79 Å². The van der Waals surface area contributed by atoms with E-state index in [1.807, 2.05) is 27.7 Å². The first-order valence-corrected chi connectivity index (χ1v) is 5.84. The maximum atomic E-state index is 10.9. The lowest BCUT2D eigenvalue weighted by molar-refractivity contribution is 0.112. The van der Waals surface area contributed by atoms with Crippen LogP contribution in [0.2, 0.25) is 0 Å². The lowest BCUT2D eigenvalue weighted by Crippen LogP contribution is -1.96. The van der Waals surface area contributed by atoms with E-state index in [1.165, 1.54) is 0 Å². The molecule has 15 heavy (non-hydrogen) atoms. The monoisotopic (exact) mass is 220 g/mol. The van der Waals surface area contributed by atoms with Gasteiger partial charge in [0.1, 0.15) is 5.69 Å². The number of hydrogen-bond donors (Lipinski definition) is 0. The summed E-state index contributed by atoms with van der Waals surface area (Å²) in [6.07, 6.45) is 3.69. The van der Waals surface area contributed by atoms with E-state index in [0.717, 1.165) is 30.5 Å². The van der Waals surface area contributed by atoms with E-state index in [1.54, 1.807) is 11.3 Å². The molecule has 2 rings (SSSR count). The Balaban J connectivity index is 2.41. The van der Waals surface area contributed by atoms with Gasteiger partial charge in [0, 0.05) is 23.7 Å². The number of rotatable bonds is 4. The first-order chi connectivity index (χ1) is 7.35. The molecule has 0 aliphatic heterocycles. The van der Waals surface area contributed by atoms with Gasteiger partial charge in [-0.25, -0.2) is 0 Å². The highest BCUT2D eigenvalue weighted by atomic mass is 32.1. The van der Waals surface area contributed by atoms with Crippen LogP contribution < -0.4 is 0 Å². The van der Waals surface area contributed by atoms with Crippen LogP contribution in [0.25, 0.3) is 11.3 Å². The Morgan fingerprint density at radius 3 is 3.07 bits per heavy atom. The van der Waals surface area contributed by atoms with Crippen molar-refractivity contribution in [3.8, 4) is 11.3 Å². The predicted molar refractivity (Wildman–Crippen MR) is 61.2 cm³/mol. The Hall–Kier alpha value is -1.42. The van der Waals surface area contributed by atoms with Crippen LogP contribution >= 0.6 is 11.3 Å². The number of carbonyl (C=O) groups excluding carboxylic acids is 1. The highest BCUT2D eigenvalue weighted by Crippen LogP contribution is 2.23. The second kappa shape index (κ2) is 4.40. The molecule has 0 amide bonds. The molecule has 3 nitrogen and oxygen atoms in total. The SMILES string of the molecule is CCCn1cc(C=O)c(-c2ccsc2)n1.